The van der Waals surface area contributed by atoms with Gasteiger partial charge in [0.1, 0.15) is 24.1 Å². The minimum atomic E-state index is -1.36. The number of rotatable bonds is 6. The molecule has 5 atom stereocenters. The first-order valence-electron chi connectivity index (χ1n) is 10.4. The molecule has 1 aliphatic heterocycles. The molecule has 1 fully saturated rings. The highest BCUT2D eigenvalue weighted by molar-refractivity contribution is 5.76. The zero-order chi connectivity index (χ0) is 25.0. The van der Waals surface area contributed by atoms with Crippen LogP contribution in [-0.4, -0.2) is 54.9 Å². The van der Waals surface area contributed by atoms with Crippen molar-refractivity contribution in [2.24, 2.45) is 0 Å². The summed E-state index contributed by atoms with van der Waals surface area (Å²) in [7, 11) is 0. The van der Waals surface area contributed by atoms with Gasteiger partial charge >= 0.3 is 23.9 Å². The molecule has 1 saturated heterocycles. The normalized spacial score (nSPS) is 24.2. The van der Waals surface area contributed by atoms with E-state index in [1.54, 1.807) is 24.3 Å². The lowest BCUT2D eigenvalue weighted by Crippen LogP contribution is -2.59. The van der Waals surface area contributed by atoms with Gasteiger partial charge in [0.05, 0.1) is 5.39 Å². The Hall–Kier alpha value is -3.73. The molecule has 11 nitrogen and oxygen atoms in total. The Kier molecular flexibility index (Phi) is 7.67. The summed E-state index contributed by atoms with van der Waals surface area (Å²) in [4.78, 5) is 59.8. The smallest absolute Gasteiger partial charge is 0.303 e. The molecule has 0 aliphatic carbocycles. The third kappa shape index (κ3) is 5.79. The van der Waals surface area contributed by atoms with Crippen molar-refractivity contribution in [3.63, 3.8) is 0 Å². The van der Waals surface area contributed by atoms with Crippen LogP contribution in [0.25, 0.3) is 11.0 Å². The van der Waals surface area contributed by atoms with Crippen molar-refractivity contribution in [3.8, 4) is 0 Å². The molecular formula is C23H24O11. The number of benzene rings is 1. The topological polar surface area (TPSA) is 145 Å². The maximum absolute atomic E-state index is 12.7. The highest BCUT2D eigenvalue weighted by Gasteiger charge is 2.53. The fourth-order valence-corrected chi connectivity index (χ4v) is 3.72. The summed E-state index contributed by atoms with van der Waals surface area (Å²) in [6, 6.07) is 7.67. The Morgan fingerprint density at radius 3 is 2.03 bits per heavy atom. The van der Waals surface area contributed by atoms with Crippen molar-refractivity contribution < 1.29 is 47.3 Å². The predicted octanol–water partition coefficient (Wildman–Crippen LogP) is 1.59. The first kappa shape index (κ1) is 24.9. The zero-order valence-corrected chi connectivity index (χ0v) is 19.0. The lowest BCUT2D eigenvalue weighted by Gasteiger charge is -2.44. The van der Waals surface area contributed by atoms with Gasteiger partial charge in [-0.2, -0.15) is 0 Å². The highest BCUT2D eigenvalue weighted by atomic mass is 16.7. The molecule has 2 heterocycles. The molecular weight excluding hydrogens is 452 g/mol. The number of fused-ring (bicyclic) bond motifs is 1. The van der Waals surface area contributed by atoms with Crippen LogP contribution in [0.15, 0.2) is 39.5 Å². The molecule has 2 aromatic rings. The van der Waals surface area contributed by atoms with Crippen LogP contribution in [0.3, 0.4) is 0 Å². The molecule has 1 aromatic heterocycles. The third-order valence-corrected chi connectivity index (χ3v) is 4.92. The van der Waals surface area contributed by atoms with Crippen molar-refractivity contribution in [1.82, 2.24) is 0 Å². The van der Waals surface area contributed by atoms with Crippen molar-refractivity contribution in [3.05, 3.63) is 46.3 Å². The number of hydrogen-bond acceptors (Lipinski definition) is 11. The van der Waals surface area contributed by atoms with Crippen LogP contribution >= 0.6 is 0 Å². The van der Waals surface area contributed by atoms with Crippen molar-refractivity contribution in [1.29, 1.82) is 0 Å². The number of hydrogen-bond donors (Lipinski definition) is 0. The zero-order valence-electron chi connectivity index (χ0n) is 19.0. The Morgan fingerprint density at radius 2 is 1.41 bits per heavy atom. The summed E-state index contributed by atoms with van der Waals surface area (Å²) in [6.07, 6.45) is -6.43. The summed E-state index contributed by atoms with van der Waals surface area (Å²) >= 11 is 0. The standard InChI is InChI=1S/C23H24O11/c1-11(24)29-10-19-21(30-12(2)25)23(32-14(4)27)22(31-13(3)26)20(34-19)18-9-16(28)15-7-5-6-8-17(15)33-18/h5-9,19-23H,10H2,1-4H3/t19-,20?,21-,22+,23+/m1/s1. The van der Waals surface area contributed by atoms with Gasteiger partial charge in [0.25, 0.3) is 0 Å². The molecule has 0 N–H and O–H groups in total. The number of carbonyl (C=O) groups is 4. The first-order valence-corrected chi connectivity index (χ1v) is 10.4. The number of esters is 4. The largest absolute Gasteiger partial charge is 0.463 e. The van der Waals surface area contributed by atoms with E-state index < -0.39 is 54.4 Å². The van der Waals surface area contributed by atoms with E-state index in [1.807, 2.05) is 0 Å². The summed E-state index contributed by atoms with van der Waals surface area (Å²) in [6.45, 7) is 4.17. The molecule has 0 bridgehead atoms. The van der Waals surface area contributed by atoms with E-state index in [2.05, 4.69) is 0 Å². The van der Waals surface area contributed by atoms with Crippen molar-refractivity contribution in [2.45, 2.75) is 58.2 Å². The summed E-state index contributed by atoms with van der Waals surface area (Å²) in [5, 5.41) is 0.317. The van der Waals surface area contributed by atoms with Gasteiger partial charge in [-0.15, -0.1) is 0 Å². The summed E-state index contributed by atoms with van der Waals surface area (Å²) in [5.41, 5.74) is -0.137. The molecule has 1 aromatic carbocycles. The van der Waals surface area contributed by atoms with Gasteiger partial charge < -0.3 is 28.1 Å². The second-order valence-electron chi connectivity index (χ2n) is 7.63. The molecule has 0 saturated carbocycles. The van der Waals surface area contributed by atoms with Crippen LogP contribution in [0.2, 0.25) is 0 Å². The fourth-order valence-electron chi connectivity index (χ4n) is 3.72. The third-order valence-electron chi connectivity index (χ3n) is 4.92. The van der Waals surface area contributed by atoms with E-state index in [1.165, 1.54) is 13.0 Å². The second-order valence-corrected chi connectivity index (χ2v) is 7.63. The number of carbonyl (C=O) groups excluding carboxylic acids is 4. The molecule has 3 rings (SSSR count). The van der Waals surface area contributed by atoms with Crippen LogP contribution < -0.4 is 5.43 Å². The molecule has 1 aliphatic rings. The molecule has 11 heteroatoms. The predicted molar refractivity (Wildman–Crippen MR) is 113 cm³/mol. The van der Waals surface area contributed by atoms with E-state index in [-0.39, 0.29) is 23.4 Å². The van der Waals surface area contributed by atoms with Crippen LogP contribution in [-0.2, 0) is 42.9 Å². The SMILES string of the molecule is CC(=O)OC[C@H]1OC(c2cc(=O)c3ccccc3o2)[C@H](OC(C)=O)[C@@H](OC(C)=O)[C@@H]1OC(C)=O. The number of ether oxygens (including phenoxy) is 5. The lowest BCUT2D eigenvalue weighted by molar-refractivity contribution is -0.257. The van der Waals surface area contributed by atoms with Gasteiger partial charge in [0.2, 0.25) is 0 Å². The van der Waals surface area contributed by atoms with Crippen LogP contribution in [0.4, 0.5) is 0 Å². The van der Waals surface area contributed by atoms with Crippen LogP contribution in [0, 0.1) is 0 Å². The average Bonchev–Trinajstić information content (AvgIpc) is 2.74. The number of para-hydroxylation sites is 1. The van der Waals surface area contributed by atoms with Crippen molar-refractivity contribution >= 4 is 34.8 Å². The first-order chi connectivity index (χ1) is 16.1. The summed E-state index contributed by atoms with van der Waals surface area (Å²) < 4.78 is 33.0. The van der Waals surface area contributed by atoms with E-state index in [4.69, 9.17) is 28.1 Å². The Labute approximate surface area is 193 Å². The van der Waals surface area contributed by atoms with Crippen LogP contribution in [0.1, 0.15) is 39.6 Å². The Balaban J connectivity index is 2.14. The van der Waals surface area contributed by atoms with Crippen LogP contribution in [0.5, 0.6) is 0 Å². The molecule has 182 valence electrons. The quantitative estimate of drug-likeness (QED) is 0.443. The molecule has 1 unspecified atom stereocenters. The van der Waals surface area contributed by atoms with E-state index in [0.717, 1.165) is 20.8 Å². The van der Waals surface area contributed by atoms with E-state index >= 15 is 0 Å². The minimum absolute atomic E-state index is 0.0267. The average molecular weight is 476 g/mol. The van der Waals surface area contributed by atoms with Gasteiger partial charge in [-0.1, -0.05) is 12.1 Å². The van der Waals surface area contributed by atoms with Gasteiger partial charge in [0, 0.05) is 33.8 Å². The second kappa shape index (κ2) is 10.5. The van der Waals surface area contributed by atoms with Crippen molar-refractivity contribution in [2.75, 3.05) is 6.61 Å². The monoisotopic (exact) mass is 476 g/mol. The lowest BCUT2D eigenvalue weighted by atomic mass is 9.92. The van der Waals surface area contributed by atoms with Gasteiger partial charge in [-0.25, -0.2) is 0 Å². The van der Waals surface area contributed by atoms with E-state index in [0.29, 0.717) is 5.39 Å². The maximum atomic E-state index is 12.7. The molecule has 0 spiro atoms. The van der Waals surface area contributed by atoms with Gasteiger partial charge in [-0.05, 0) is 12.1 Å². The minimum Gasteiger partial charge on any atom is -0.463 e. The van der Waals surface area contributed by atoms with Gasteiger partial charge in [0.15, 0.2) is 29.8 Å². The maximum Gasteiger partial charge on any atom is 0.303 e. The molecule has 0 amide bonds. The Bertz CT molecular complexity index is 1150. The van der Waals surface area contributed by atoms with Gasteiger partial charge in [-0.3, -0.25) is 24.0 Å². The fraction of sp³-hybridized carbons (Fsp3) is 0.435. The highest BCUT2D eigenvalue weighted by Crippen LogP contribution is 2.38. The molecule has 34 heavy (non-hydrogen) atoms. The Morgan fingerprint density at radius 1 is 0.824 bits per heavy atom. The molecule has 0 radical (unpaired) electrons. The van der Waals surface area contributed by atoms with E-state index in [9.17, 15) is 24.0 Å². The summed E-state index contributed by atoms with van der Waals surface area (Å²) in [5.74, 6) is -2.91.